The van der Waals surface area contributed by atoms with E-state index in [1.165, 1.54) is 0 Å². The first-order valence-corrected chi connectivity index (χ1v) is 19.5. The molecule has 0 aromatic carbocycles. The molecule has 0 radical (unpaired) electrons. The van der Waals surface area contributed by atoms with Crippen LogP contribution in [0.3, 0.4) is 0 Å². The number of ether oxygens (including phenoxy) is 4. The van der Waals surface area contributed by atoms with E-state index in [2.05, 4.69) is 44.2 Å². The van der Waals surface area contributed by atoms with Crippen LogP contribution in [-0.4, -0.2) is 96.0 Å². The summed E-state index contributed by atoms with van der Waals surface area (Å²) in [5.41, 5.74) is 0. The Labute approximate surface area is 309 Å². The van der Waals surface area contributed by atoms with E-state index in [0.717, 1.165) is 25.7 Å². The minimum absolute atomic E-state index is 0.0509. The summed E-state index contributed by atoms with van der Waals surface area (Å²) in [6.07, 6.45) is 27.9. The van der Waals surface area contributed by atoms with Crippen LogP contribution < -0.4 is 0 Å². The fourth-order valence-corrected chi connectivity index (χ4v) is 5.24. The molecule has 52 heavy (non-hydrogen) atoms. The van der Waals surface area contributed by atoms with E-state index in [-0.39, 0.29) is 19.4 Å². The van der Waals surface area contributed by atoms with Gasteiger partial charge >= 0.3 is 11.9 Å². The van der Waals surface area contributed by atoms with Crippen molar-refractivity contribution in [2.75, 3.05) is 19.0 Å². The van der Waals surface area contributed by atoms with Crippen LogP contribution in [0.4, 0.5) is 0 Å². The molecule has 6 atom stereocenters. The molecule has 292 valence electrons. The number of rotatable bonds is 26. The molecule has 1 fully saturated rings. The van der Waals surface area contributed by atoms with Crippen LogP contribution in [0.25, 0.3) is 0 Å². The predicted octanol–water partition coefficient (Wildman–Crippen LogP) is 5.54. The van der Waals surface area contributed by atoms with Crippen LogP contribution in [-0.2, 0) is 38.7 Å². The molecule has 1 aliphatic rings. The maximum Gasteiger partial charge on any atom is 0.306 e. The third-order valence-electron chi connectivity index (χ3n) is 7.29. The summed E-state index contributed by atoms with van der Waals surface area (Å²) in [6, 6.07) is 0. The highest BCUT2D eigenvalue weighted by Crippen LogP contribution is 2.23. The predicted molar refractivity (Wildman–Crippen MR) is 201 cm³/mol. The Kier molecular flexibility index (Phi) is 26.0. The number of aliphatic hydroxyl groups is 3. The summed E-state index contributed by atoms with van der Waals surface area (Å²) in [4.78, 5) is 25.1. The molecule has 0 bridgehead atoms. The van der Waals surface area contributed by atoms with Crippen LogP contribution in [0.15, 0.2) is 97.2 Å². The van der Waals surface area contributed by atoms with E-state index in [0.29, 0.717) is 25.7 Å². The van der Waals surface area contributed by atoms with E-state index >= 15 is 0 Å². The molecule has 4 N–H and O–H groups in total. The largest absolute Gasteiger partial charge is 0.462 e. The fraction of sp³-hybridized carbons (Fsp3) is 0.538. The smallest absolute Gasteiger partial charge is 0.306 e. The Hall–Kier alpha value is -3.43. The second-order valence-corrected chi connectivity index (χ2v) is 13.4. The van der Waals surface area contributed by atoms with Crippen LogP contribution in [0.1, 0.15) is 78.1 Å². The van der Waals surface area contributed by atoms with Crippen molar-refractivity contribution < 1.29 is 56.8 Å². The summed E-state index contributed by atoms with van der Waals surface area (Å²) in [7, 11) is -4.62. The number of carbonyl (C=O) groups is 2. The van der Waals surface area contributed by atoms with Gasteiger partial charge in [-0.1, -0.05) is 111 Å². The van der Waals surface area contributed by atoms with Crippen molar-refractivity contribution >= 4 is 22.1 Å². The minimum atomic E-state index is -4.62. The molecule has 0 amide bonds. The van der Waals surface area contributed by atoms with E-state index < -0.39 is 71.2 Å². The second kappa shape index (κ2) is 29.1. The molecule has 13 heteroatoms. The Morgan fingerprint density at radius 3 is 1.83 bits per heavy atom. The zero-order valence-corrected chi connectivity index (χ0v) is 31.2. The number of unbranched alkanes of at least 4 members (excludes halogenated alkanes) is 2. The Balaban J connectivity index is 2.67. The van der Waals surface area contributed by atoms with Crippen molar-refractivity contribution in [3.05, 3.63) is 97.2 Å². The van der Waals surface area contributed by atoms with Gasteiger partial charge < -0.3 is 34.3 Å². The quantitative estimate of drug-likeness (QED) is 0.0285. The van der Waals surface area contributed by atoms with Crippen LogP contribution in [0.2, 0.25) is 0 Å². The normalized spacial score (nSPS) is 22.5. The summed E-state index contributed by atoms with van der Waals surface area (Å²) < 4.78 is 53.5. The maximum absolute atomic E-state index is 12.7. The number of aliphatic hydroxyl groups excluding tert-OH is 3. The van der Waals surface area contributed by atoms with E-state index in [1.807, 2.05) is 66.8 Å². The zero-order chi connectivity index (χ0) is 38.5. The van der Waals surface area contributed by atoms with E-state index in [4.69, 9.17) is 18.9 Å². The summed E-state index contributed by atoms with van der Waals surface area (Å²) in [5, 5.41) is 30.7. The van der Waals surface area contributed by atoms with Gasteiger partial charge in [-0.15, -0.1) is 0 Å². The lowest BCUT2D eigenvalue weighted by atomic mass is 10.00. The van der Waals surface area contributed by atoms with Gasteiger partial charge in [-0.25, -0.2) is 0 Å². The average Bonchev–Trinajstić information content (AvgIpc) is 3.10. The zero-order valence-electron chi connectivity index (χ0n) is 30.4. The van der Waals surface area contributed by atoms with Gasteiger partial charge in [0.1, 0.15) is 36.8 Å². The highest BCUT2D eigenvalue weighted by atomic mass is 32.2. The number of esters is 2. The molecule has 3 unspecified atom stereocenters. The molecule has 1 rings (SSSR count). The highest BCUT2D eigenvalue weighted by molar-refractivity contribution is 7.85. The molecule has 1 heterocycles. The summed E-state index contributed by atoms with van der Waals surface area (Å²) in [6.45, 7) is 3.32. The molecule has 1 aliphatic heterocycles. The van der Waals surface area contributed by atoms with Gasteiger partial charge in [0.25, 0.3) is 10.1 Å². The van der Waals surface area contributed by atoms with Gasteiger partial charge in [0.2, 0.25) is 0 Å². The standard InChI is InChI=1S/C39H58O12S/c1-3-5-7-9-11-13-15-16-18-20-22-24-26-28-35(41)50-32(29-48-34(40)27-25-23-21-19-17-14-12-10-8-6-4-2)30-49-39-38(44)37(43)36(42)33(51-39)31-52(45,46)47/h5-9,11-16,18-22,32-33,36-39,42-44H,3-4,10,17,23-31H2,1-2H3,(H,45,46,47)/b7-5+,8-6+,11-9+,14-12+,15-13+,18-16+,21-19+,22-20+/t32?,33-,36-,37?,38?,39+/m1/s1. The monoisotopic (exact) mass is 750 g/mol. The molecule has 0 aromatic rings. The first kappa shape index (κ1) is 46.6. The van der Waals surface area contributed by atoms with Crippen molar-refractivity contribution in [2.45, 2.75) is 115 Å². The number of hydrogen-bond acceptors (Lipinski definition) is 11. The Morgan fingerprint density at radius 1 is 0.673 bits per heavy atom. The Bertz CT molecular complexity index is 1340. The number of allylic oxidation sites excluding steroid dienone is 16. The van der Waals surface area contributed by atoms with Gasteiger partial charge in [0.15, 0.2) is 12.4 Å². The first-order chi connectivity index (χ1) is 25.0. The van der Waals surface area contributed by atoms with Crippen molar-refractivity contribution in [1.82, 2.24) is 0 Å². The van der Waals surface area contributed by atoms with E-state index in [1.54, 1.807) is 0 Å². The average molecular weight is 751 g/mol. The SMILES string of the molecule is CC/C=C/C=C/C=C/C=C/C=C/CCCC(=O)OC(COC(=O)CCC/C=C/C/C=C/C/C=C/CC)CO[C@H]1O[C@H](CS(=O)(=O)O)[C@@H](O)C(O)C1O. The summed E-state index contributed by atoms with van der Waals surface area (Å²) >= 11 is 0. The number of carbonyl (C=O) groups excluding carboxylic acids is 2. The molecular formula is C39H58O12S. The van der Waals surface area contributed by atoms with Crippen LogP contribution in [0.5, 0.6) is 0 Å². The molecule has 0 aliphatic carbocycles. The second-order valence-electron chi connectivity index (χ2n) is 11.9. The fourth-order valence-electron chi connectivity index (χ4n) is 4.55. The minimum Gasteiger partial charge on any atom is -0.462 e. The maximum atomic E-state index is 12.7. The third-order valence-corrected chi connectivity index (χ3v) is 8.04. The van der Waals surface area contributed by atoms with Gasteiger partial charge in [-0.3, -0.25) is 14.1 Å². The molecule has 0 saturated carbocycles. The van der Waals surface area contributed by atoms with Crippen molar-refractivity contribution in [2.24, 2.45) is 0 Å². The van der Waals surface area contributed by atoms with Gasteiger partial charge in [0, 0.05) is 12.8 Å². The first-order valence-electron chi connectivity index (χ1n) is 17.9. The topological polar surface area (TPSA) is 186 Å². The molecule has 0 aromatic heterocycles. The van der Waals surface area contributed by atoms with Gasteiger partial charge in [-0.05, 0) is 51.4 Å². The van der Waals surface area contributed by atoms with Crippen LogP contribution in [0, 0.1) is 0 Å². The molecule has 0 spiro atoms. The molecule has 12 nitrogen and oxygen atoms in total. The van der Waals surface area contributed by atoms with E-state index in [9.17, 15) is 37.9 Å². The number of hydrogen-bond donors (Lipinski definition) is 4. The highest BCUT2D eigenvalue weighted by Gasteiger charge is 2.46. The van der Waals surface area contributed by atoms with Crippen molar-refractivity contribution in [3.8, 4) is 0 Å². The lowest BCUT2D eigenvalue weighted by Crippen LogP contribution is -2.60. The lowest BCUT2D eigenvalue weighted by Gasteiger charge is -2.40. The van der Waals surface area contributed by atoms with Crippen LogP contribution >= 0.6 is 0 Å². The Morgan fingerprint density at radius 2 is 1.21 bits per heavy atom. The third kappa shape index (κ3) is 23.9. The van der Waals surface area contributed by atoms with Crippen molar-refractivity contribution in [1.29, 1.82) is 0 Å². The van der Waals surface area contributed by atoms with Crippen molar-refractivity contribution in [3.63, 3.8) is 0 Å². The molecular weight excluding hydrogens is 692 g/mol. The summed E-state index contributed by atoms with van der Waals surface area (Å²) in [5.74, 6) is -2.17. The lowest BCUT2D eigenvalue weighted by molar-refractivity contribution is -0.297. The van der Waals surface area contributed by atoms with Gasteiger partial charge in [-0.2, -0.15) is 8.42 Å². The van der Waals surface area contributed by atoms with Gasteiger partial charge in [0.05, 0.1) is 6.61 Å². The molecule has 1 saturated heterocycles.